The second-order valence-corrected chi connectivity index (χ2v) is 9.72. The molecule has 31 heavy (non-hydrogen) atoms. The SMILES string of the molecule is CCC[C@@H]1N(C(=O)C2(N3CCOCC3)CCCCC2)CC[C@]12C(=O)Nc1ccccc12. The molecule has 1 aromatic rings. The number of nitrogens with one attached hydrogen (secondary N) is 1. The molecule has 0 radical (unpaired) electrons. The number of likely N-dealkylation sites (tertiary alicyclic amines) is 1. The number of anilines is 1. The fourth-order valence-electron chi connectivity index (χ4n) is 6.78. The number of hydrogen-bond donors (Lipinski definition) is 1. The smallest absolute Gasteiger partial charge is 0.243 e. The molecule has 2 amide bonds. The molecule has 168 valence electrons. The Bertz CT molecular complexity index is 844. The molecule has 6 heteroatoms. The van der Waals surface area contributed by atoms with Gasteiger partial charge in [-0.2, -0.15) is 0 Å². The van der Waals surface area contributed by atoms with E-state index in [4.69, 9.17) is 4.74 Å². The van der Waals surface area contributed by atoms with Crippen LogP contribution in [-0.2, 0) is 19.7 Å². The number of nitrogens with zero attached hydrogens (tertiary/aromatic N) is 2. The Labute approximate surface area is 185 Å². The third-order valence-corrected chi connectivity index (χ3v) is 8.27. The summed E-state index contributed by atoms with van der Waals surface area (Å²) in [5, 5.41) is 3.13. The van der Waals surface area contributed by atoms with Crippen molar-refractivity contribution in [1.82, 2.24) is 9.80 Å². The third kappa shape index (κ3) is 3.13. The quantitative estimate of drug-likeness (QED) is 0.804. The highest BCUT2D eigenvalue weighted by molar-refractivity contribution is 6.07. The first-order valence-electron chi connectivity index (χ1n) is 12.2. The Hall–Kier alpha value is -1.92. The Morgan fingerprint density at radius 2 is 1.84 bits per heavy atom. The van der Waals surface area contributed by atoms with E-state index in [0.29, 0.717) is 26.2 Å². The van der Waals surface area contributed by atoms with E-state index in [1.54, 1.807) is 0 Å². The molecule has 0 aromatic heterocycles. The summed E-state index contributed by atoms with van der Waals surface area (Å²) in [6.07, 6.45) is 7.79. The Morgan fingerprint density at radius 3 is 2.58 bits per heavy atom. The highest BCUT2D eigenvalue weighted by Crippen LogP contribution is 2.50. The summed E-state index contributed by atoms with van der Waals surface area (Å²) in [6.45, 7) is 5.88. The van der Waals surface area contributed by atoms with Crippen LogP contribution in [0.4, 0.5) is 5.69 Å². The number of ether oxygens (including phenoxy) is 1. The fraction of sp³-hybridized carbons (Fsp3) is 0.680. The Kier molecular flexibility index (Phi) is 5.55. The van der Waals surface area contributed by atoms with Crippen LogP contribution in [0.1, 0.15) is 63.9 Å². The number of fused-ring (bicyclic) bond motifs is 2. The van der Waals surface area contributed by atoms with Crippen molar-refractivity contribution in [2.45, 2.75) is 75.3 Å². The van der Waals surface area contributed by atoms with Gasteiger partial charge in [-0.05, 0) is 37.3 Å². The van der Waals surface area contributed by atoms with Crippen molar-refractivity contribution in [2.24, 2.45) is 0 Å². The zero-order valence-corrected chi connectivity index (χ0v) is 18.7. The summed E-state index contributed by atoms with van der Waals surface area (Å²) >= 11 is 0. The maximum atomic E-state index is 14.4. The summed E-state index contributed by atoms with van der Waals surface area (Å²) in [7, 11) is 0. The molecule has 2 atom stereocenters. The molecular weight excluding hydrogens is 390 g/mol. The van der Waals surface area contributed by atoms with Crippen LogP contribution in [0.5, 0.6) is 0 Å². The van der Waals surface area contributed by atoms with E-state index >= 15 is 0 Å². The second-order valence-electron chi connectivity index (χ2n) is 9.72. The van der Waals surface area contributed by atoms with Gasteiger partial charge < -0.3 is 15.0 Å². The van der Waals surface area contributed by atoms with Crippen molar-refractivity contribution in [3.63, 3.8) is 0 Å². The van der Waals surface area contributed by atoms with E-state index in [1.807, 2.05) is 18.2 Å². The number of carbonyl (C=O) groups is 2. The number of rotatable bonds is 4. The summed E-state index contributed by atoms with van der Waals surface area (Å²) < 4.78 is 5.61. The molecule has 4 aliphatic rings. The van der Waals surface area contributed by atoms with Crippen LogP contribution in [0.15, 0.2) is 24.3 Å². The normalized spacial score (nSPS) is 30.4. The molecule has 1 spiro atoms. The first-order chi connectivity index (χ1) is 15.1. The molecule has 1 aliphatic carbocycles. The molecule has 6 nitrogen and oxygen atoms in total. The van der Waals surface area contributed by atoms with Crippen molar-refractivity contribution in [3.05, 3.63) is 29.8 Å². The standard InChI is InChI=1S/C25H35N3O3/c1-2-8-21-25(19-9-4-5-10-20(19)26-22(25)29)13-14-28(21)23(30)24(11-6-3-7-12-24)27-15-17-31-18-16-27/h4-5,9-10,21H,2-3,6-8,11-18H2,1H3,(H,26,29)/t21-,25+/m0/s1. The molecule has 3 fully saturated rings. The van der Waals surface area contributed by atoms with Crippen LogP contribution in [-0.4, -0.2) is 66.0 Å². The molecule has 0 bridgehead atoms. The van der Waals surface area contributed by atoms with Crippen LogP contribution in [0.25, 0.3) is 0 Å². The minimum absolute atomic E-state index is 0.0755. The minimum Gasteiger partial charge on any atom is -0.379 e. The maximum absolute atomic E-state index is 14.4. The number of para-hydroxylation sites is 1. The van der Waals surface area contributed by atoms with Gasteiger partial charge in [0.05, 0.1) is 24.7 Å². The lowest BCUT2D eigenvalue weighted by Crippen LogP contribution is -2.64. The van der Waals surface area contributed by atoms with Gasteiger partial charge in [-0.1, -0.05) is 50.8 Å². The second kappa shape index (κ2) is 8.21. The number of carbonyl (C=O) groups excluding carboxylic acids is 2. The third-order valence-electron chi connectivity index (χ3n) is 8.27. The molecule has 3 aliphatic heterocycles. The first kappa shape index (κ1) is 21.0. The van der Waals surface area contributed by atoms with E-state index < -0.39 is 11.0 Å². The molecule has 0 unspecified atom stereocenters. The summed E-state index contributed by atoms with van der Waals surface area (Å²) in [6, 6.07) is 7.99. The van der Waals surface area contributed by atoms with Crippen molar-refractivity contribution in [2.75, 3.05) is 38.2 Å². The summed E-state index contributed by atoms with van der Waals surface area (Å²) in [5.74, 6) is 0.341. The lowest BCUT2D eigenvalue weighted by molar-refractivity contribution is -0.153. The highest BCUT2D eigenvalue weighted by atomic mass is 16.5. The van der Waals surface area contributed by atoms with Crippen molar-refractivity contribution in [3.8, 4) is 0 Å². The minimum atomic E-state index is -0.608. The number of amides is 2. The van der Waals surface area contributed by atoms with Gasteiger partial charge in [0.2, 0.25) is 11.8 Å². The molecule has 1 N–H and O–H groups in total. The average molecular weight is 426 g/mol. The largest absolute Gasteiger partial charge is 0.379 e. The lowest BCUT2D eigenvalue weighted by atomic mass is 9.73. The van der Waals surface area contributed by atoms with Gasteiger partial charge >= 0.3 is 0 Å². The van der Waals surface area contributed by atoms with Crippen LogP contribution in [0.2, 0.25) is 0 Å². The average Bonchev–Trinajstić information content (AvgIpc) is 3.33. The maximum Gasteiger partial charge on any atom is 0.243 e. The van der Waals surface area contributed by atoms with E-state index in [-0.39, 0.29) is 17.9 Å². The van der Waals surface area contributed by atoms with Gasteiger partial charge in [-0.25, -0.2) is 0 Å². The van der Waals surface area contributed by atoms with E-state index in [2.05, 4.69) is 28.1 Å². The van der Waals surface area contributed by atoms with E-state index in [0.717, 1.165) is 62.9 Å². The van der Waals surface area contributed by atoms with Crippen LogP contribution >= 0.6 is 0 Å². The predicted molar refractivity (Wildman–Crippen MR) is 120 cm³/mol. The van der Waals surface area contributed by atoms with Crippen molar-refractivity contribution >= 4 is 17.5 Å². The molecular formula is C25H35N3O3. The lowest BCUT2D eigenvalue weighted by Gasteiger charge is -2.49. The number of morpholine rings is 1. The molecule has 2 saturated heterocycles. The Morgan fingerprint density at radius 1 is 1.10 bits per heavy atom. The van der Waals surface area contributed by atoms with Crippen molar-refractivity contribution < 1.29 is 14.3 Å². The molecule has 1 aromatic carbocycles. The highest BCUT2D eigenvalue weighted by Gasteiger charge is 2.60. The fourth-order valence-corrected chi connectivity index (χ4v) is 6.78. The number of benzene rings is 1. The van der Waals surface area contributed by atoms with Gasteiger partial charge in [0, 0.05) is 25.3 Å². The molecule has 5 rings (SSSR count). The molecule has 3 heterocycles. The monoisotopic (exact) mass is 425 g/mol. The van der Waals surface area contributed by atoms with Gasteiger partial charge in [0.25, 0.3) is 0 Å². The summed E-state index contributed by atoms with van der Waals surface area (Å²) in [5.41, 5.74) is 0.971. The number of hydrogen-bond acceptors (Lipinski definition) is 4. The van der Waals surface area contributed by atoms with Crippen molar-refractivity contribution in [1.29, 1.82) is 0 Å². The predicted octanol–water partition coefficient (Wildman–Crippen LogP) is 3.31. The van der Waals surface area contributed by atoms with Crippen LogP contribution in [0, 0.1) is 0 Å². The summed E-state index contributed by atoms with van der Waals surface area (Å²) in [4.78, 5) is 32.3. The van der Waals surface area contributed by atoms with Gasteiger partial charge in [-0.15, -0.1) is 0 Å². The van der Waals surface area contributed by atoms with Crippen LogP contribution < -0.4 is 5.32 Å². The van der Waals surface area contributed by atoms with Gasteiger partial charge in [0.15, 0.2) is 0 Å². The Balaban J connectivity index is 1.52. The van der Waals surface area contributed by atoms with Gasteiger partial charge in [0.1, 0.15) is 5.54 Å². The zero-order valence-electron chi connectivity index (χ0n) is 18.7. The van der Waals surface area contributed by atoms with E-state index in [9.17, 15) is 9.59 Å². The van der Waals surface area contributed by atoms with Crippen LogP contribution in [0.3, 0.4) is 0 Å². The van der Waals surface area contributed by atoms with E-state index in [1.165, 1.54) is 6.42 Å². The molecule has 1 saturated carbocycles. The first-order valence-corrected chi connectivity index (χ1v) is 12.2. The topological polar surface area (TPSA) is 61.9 Å². The van der Waals surface area contributed by atoms with Gasteiger partial charge in [-0.3, -0.25) is 14.5 Å². The zero-order chi connectivity index (χ0) is 21.5.